The van der Waals surface area contributed by atoms with Crippen molar-refractivity contribution in [1.29, 1.82) is 0 Å². The van der Waals surface area contributed by atoms with Gasteiger partial charge in [-0.3, -0.25) is 14.1 Å². The van der Waals surface area contributed by atoms with E-state index in [4.69, 9.17) is 16.2 Å². The molecular weight excluding hydrogens is 666 g/mol. The summed E-state index contributed by atoms with van der Waals surface area (Å²) < 4.78 is 31.0. The van der Waals surface area contributed by atoms with E-state index in [1.165, 1.54) is 5.56 Å². The molecule has 0 aromatic heterocycles. The summed E-state index contributed by atoms with van der Waals surface area (Å²) in [5, 5.41) is 3.80. The van der Waals surface area contributed by atoms with Gasteiger partial charge in [0.1, 0.15) is 0 Å². The van der Waals surface area contributed by atoms with Crippen LogP contribution < -0.4 is 5.32 Å². The zero-order chi connectivity index (χ0) is 36.1. The highest BCUT2D eigenvalue weighted by Gasteiger charge is 2.22. The number of Topliss-reactive ketones (excluding diaryl/α,β-unsaturated/α-hetero) is 1. The molecular formula is C42H42ClNO5S. The van der Waals surface area contributed by atoms with Gasteiger partial charge < -0.3 is 5.32 Å². The third-order valence-corrected chi connectivity index (χ3v) is 9.93. The Kier molecular flexibility index (Phi) is 11.4. The van der Waals surface area contributed by atoms with Crippen molar-refractivity contribution in [3.8, 4) is 22.3 Å². The van der Waals surface area contributed by atoms with E-state index >= 15 is 0 Å². The van der Waals surface area contributed by atoms with E-state index in [0.717, 1.165) is 38.9 Å². The molecule has 0 fully saturated rings. The van der Waals surface area contributed by atoms with Gasteiger partial charge in [-0.15, -0.1) is 0 Å². The summed E-state index contributed by atoms with van der Waals surface area (Å²) in [6.45, 7) is 8.59. The van der Waals surface area contributed by atoms with Gasteiger partial charge in [0.15, 0.2) is 5.78 Å². The van der Waals surface area contributed by atoms with Gasteiger partial charge in [-0.1, -0.05) is 123 Å². The molecule has 0 aliphatic carbocycles. The summed E-state index contributed by atoms with van der Waals surface area (Å²) in [4.78, 5) is 26.6. The standard InChI is InChI=1S/C42H42ClNO5S/c1-28-26-36(43)21-24-38(28)32-17-22-37(23-18-32)44-41(46)39(27-29-7-9-34(10-8-29)40(45)6-5-25-50(47,48)49)33-13-11-30(12-14-33)31-15-19-35(20-16-31)42(2,3)4/h7-24,26,39H,5-6,25,27H2,1-4H3,(H,44,46)(H,47,48,49). The number of ketones is 1. The lowest BCUT2D eigenvalue weighted by Crippen LogP contribution is -2.23. The van der Waals surface area contributed by atoms with Crippen molar-refractivity contribution in [2.45, 2.75) is 58.3 Å². The highest BCUT2D eigenvalue weighted by molar-refractivity contribution is 7.85. The van der Waals surface area contributed by atoms with Crippen LogP contribution in [0.2, 0.25) is 5.02 Å². The Morgan fingerprint density at radius 1 is 0.780 bits per heavy atom. The average molecular weight is 708 g/mol. The zero-order valence-electron chi connectivity index (χ0n) is 28.7. The first-order valence-corrected chi connectivity index (χ1v) is 18.6. The van der Waals surface area contributed by atoms with Gasteiger partial charge >= 0.3 is 0 Å². The van der Waals surface area contributed by atoms with Crippen LogP contribution in [0.3, 0.4) is 0 Å². The average Bonchev–Trinajstić information content (AvgIpc) is 3.07. The van der Waals surface area contributed by atoms with Crippen molar-refractivity contribution in [3.63, 3.8) is 0 Å². The Balaban J connectivity index is 1.37. The van der Waals surface area contributed by atoms with Crippen LogP contribution in [0.15, 0.2) is 115 Å². The van der Waals surface area contributed by atoms with Crippen LogP contribution in [0.4, 0.5) is 5.69 Å². The quantitative estimate of drug-likeness (QED) is 0.0993. The zero-order valence-corrected chi connectivity index (χ0v) is 30.3. The molecule has 0 radical (unpaired) electrons. The molecule has 5 aromatic rings. The third-order valence-electron chi connectivity index (χ3n) is 8.89. The lowest BCUT2D eigenvalue weighted by molar-refractivity contribution is -0.117. The van der Waals surface area contributed by atoms with Crippen LogP contribution >= 0.6 is 11.6 Å². The molecule has 2 N–H and O–H groups in total. The number of halogens is 1. The maximum absolute atomic E-state index is 14.0. The second-order valence-corrected chi connectivity index (χ2v) is 15.8. The third kappa shape index (κ3) is 9.78. The molecule has 8 heteroatoms. The molecule has 0 spiro atoms. The van der Waals surface area contributed by atoms with Crippen LogP contribution in [0.1, 0.15) is 72.1 Å². The molecule has 1 unspecified atom stereocenters. The molecule has 258 valence electrons. The maximum atomic E-state index is 14.0. The van der Waals surface area contributed by atoms with Crippen LogP contribution in [0, 0.1) is 6.92 Å². The first-order chi connectivity index (χ1) is 23.7. The van der Waals surface area contributed by atoms with Gasteiger partial charge in [0, 0.05) is 22.7 Å². The molecule has 0 heterocycles. The first kappa shape index (κ1) is 36.7. The molecule has 0 bridgehead atoms. The van der Waals surface area contributed by atoms with Crippen LogP contribution in [-0.4, -0.2) is 30.4 Å². The van der Waals surface area contributed by atoms with Crippen molar-refractivity contribution in [2.24, 2.45) is 0 Å². The second-order valence-electron chi connectivity index (χ2n) is 13.7. The summed E-state index contributed by atoms with van der Waals surface area (Å²) in [7, 11) is -4.12. The highest BCUT2D eigenvalue weighted by Crippen LogP contribution is 2.31. The van der Waals surface area contributed by atoms with E-state index < -0.39 is 21.8 Å². The summed E-state index contributed by atoms with van der Waals surface area (Å²) in [5.74, 6) is -1.36. The van der Waals surface area contributed by atoms with Gasteiger partial charge in [0.25, 0.3) is 10.1 Å². The summed E-state index contributed by atoms with van der Waals surface area (Å²) in [5.41, 5.74) is 9.48. The molecule has 0 saturated heterocycles. The Labute approximate surface area is 300 Å². The molecule has 0 aliphatic heterocycles. The minimum absolute atomic E-state index is 0.00578. The second kappa shape index (κ2) is 15.5. The van der Waals surface area contributed by atoms with Crippen molar-refractivity contribution in [2.75, 3.05) is 11.1 Å². The fourth-order valence-corrected chi connectivity index (χ4v) is 6.70. The molecule has 5 rings (SSSR count). The van der Waals surface area contributed by atoms with E-state index in [0.29, 0.717) is 22.7 Å². The number of anilines is 1. The first-order valence-electron chi connectivity index (χ1n) is 16.6. The van der Waals surface area contributed by atoms with Crippen LogP contribution in [0.25, 0.3) is 22.3 Å². The number of carbonyl (C=O) groups is 2. The monoisotopic (exact) mass is 707 g/mol. The summed E-state index contributed by atoms with van der Waals surface area (Å²) in [6, 6.07) is 37.2. The number of rotatable bonds is 12. The molecule has 6 nitrogen and oxygen atoms in total. The van der Waals surface area contributed by atoms with Gasteiger partial charge in [-0.25, -0.2) is 0 Å². The molecule has 5 aromatic carbocycles. The van der Waals surface area contributed by atoms with Gasteiger partial charge in [0.2, 0.25) is 5.91 Å². The number of nitrogens with one attached hydrogen (secondary N) is 1. The van der Waals surface area contributed by atoms with Gasteiger partial charge in [-0.05, 0) is 94.0 Å². The Hall–Kier alpha value is -4.56. The largest absolute Gasteiger partial charge is 0.326 e. The Bertz CT molecular complexity index is 2070. The summed E-state index contributed by atoms with van der Waals surface area (Å²) >= 11 is 6.15. The Morgan fingerprint density at radius 3 is 1.92 bits per heavy atom. The number of hydrogen-bond donors (Lipinski definition) is 2. The number of aryl methyl sites for hydroxylation is 1. The van der Waals surface area contributed by atoms with E-state index in [-0.39, 0.29) is 29.9 Å². The van der Waals surface area contributed by atoms with E-state index in [1.54, 1.807) is 12.1 Å². The SMILES string of the molecule is Cc1cc(Cl)ccc1-c1ccc(NC(=O)C(Cc2ccc(C(=O)CCCS(=O)(=O)O)cc2)c2ccc(-c3ccc(C(C)(C)C)cc3)cc2)cc1. The van der Waals surface area contributed by atoms with Crippen LogP contribution in [0.5, 0.6) is 0 Å². The smallest absolute Gasteiger partial charge is 0.264 e. The number of amides is 1. The maximum Gasteiger partial charge on any atom is 0.264 e. The molecule has 1 amide bonds. The van der Waals surface area contributed by atoms with Crippen molar-refractivity contribution in [3.05, 3.63) is 148 Å². The number of benzene rings is 5. The van der Waals surface area contributed by atoms with Crippen molar-refractivity contribution in [1.82, 2.24) is 0 Å². The Morgan fingerprint density at radius 2 is 1.36 bits per heavy atom. The van der Waals surface area contributed by atoms with E-state index in [1.807, 2.05) is 85.8 Å². The molecule has 0 saturated carbocycles. The molecule has 1 atom stereocenters. The predicted octanol–water partition coefficient (Wildman–Crippen LogP) is 10.1. The highest BCUT2D eigenvalue weighted by atomic mass is 35.5. The minimum Gasteiger partial charge on any atom is -0.326 e. The number of carbonyl (C=O) groups excluding carboxylic acids is 2. The van der Waals surface area contributed by atoms with Crippen molar-refractivity contribution < 1.29 is 22.6 Å². The van der Waals surface area contributed by atoms with Crippen molar-refractivity contribution >= 4 is 39.1 Å². The summed E-state index contributed by atoms with van der Waals surface area (Å²) in [6.07, 6.45) is 0.440. The van der Waals surface area contributed by atoms with E-state index in [9.17, 15) is 18.0 Å². The fourth-order valence-electron chi connectivity index (χ4n) is 5.97. The minimum atomic E-state index is -4.12. The van der Waals surface area contributed by atoms with Gasteiger partial charge in [-0.2, -0.15) is 8.42 Å². The topological polar surface area (TPSA) is 101 Å². The molecule has 50 heavy (non-hydrogen) atoms. The lowest BCUT2D eigenvalue weighted by Gasteiger charge is -2.20. The molecule has 0 aliphatic rings. The number of hydrogen-bond acceptors (Lipinski definition) is 4. The van der Waals surface area contributed by atoms with Crippen LogP contribution in [-0.2, 0) is 26.7 Å². The normalized spacial score (nSPS) is 12.4. The van der Waals surface area contributed by atoms with Gasteiger partial charge in [0.05, 0.1) is 11.7 Å². The lowest BCUT2D eigenvalue weighted by atomic mass is 9.86. The van der Waals surface area contributed by atoms with E-state index in [2.05, 4.69) is 50.4 Å². The predicted molar refractivity (Wildman–Crippen MR) is 204 cm³/mol. The fraction of sp³-hybridized carbons (Fsp3) is 0.238.